The van der Waals surface area contributed by atoms with Crippen molar-refractivity contribution in [1.29, 1.82) is 0 Å². The van der Waals surface area contributed by atoms with E-state index in [0.717, 1.165) is 0 Å². The summed E-state index contributed by atoms with van der Waals surface area (Å²) in [6.45, 7) is 7.26. The molecule has 0 heterocycles. The first kappa shape index (κ1) is 17.2. The van der Waals surface area contributed by atoms with Crippen LogP contribution in [0.25, 0.3) is 0 Å². The normalized spacial score (nSPS) is 10.5. The Balaban J connectivity index is 2.58. The second-order valence-corrected chi connectivity index (χ2v) is 4.91. The highest BCUT2D eigenvalue weighted by atomic mass is 16.6. The lowest BCUT2D eigenvalue weighted by Gasteiger charge is -2.08. The molecule has 0 unspecified atom stereocenters. The van der Waals surface area contributed by atoms with Crippen molar-refractivity contribution < 1.29 is 23.8 Å². The Kier molecular flexibility index (Phi) is 7.46. The largest absolute Gasteiger partial charge is 0.462 e. The molecule has 0 amide bonds. The summed E-state index contributed by atoms with van der Waals surface area (Å²) in [7, 11) is 0. The van der Waals surface area contributed by atoms with Gasteiger partial charge in [-0.3, -0.25) is 0 Å². The van der Waals surface area contributed by atoms with Crippen LogP contribution in [0.15, 0.2) is 24.3 Å². The van der Waals surface area contributed by atoms with Gasteiger partial charge in [0.05, 0.1) is 24.3 Å². The predicted molar refractivity (Wildman–Crippen MR) is 78.3 cm³/mol. The summed E-state index contributed by atoms with van der Waals surface area (Å²) >= 11 is 0. The molecule has 0 saturated carbocycles. The van der Waals surface area contributed by atoms with Gasteiger partial charge in [-0.15, -0.1) is 0 Å². The highest BCUT2D eigenvalue weighted by Gasteiger charge is 2.12. The maximum absolute atomic E-state index is 11.8. The number of ether oxygens (including phenoxy) is 3. The molecule has 5 nitrogen and oxygen atoms in total. The summed E-state index contributed by atoms with van der Waals surface area (Å²) in [6.07, 6.45) is 0. The minimum atomic E-state index is -0.479. The van der Waals surface area contributed by atoms with Crippen molar-refractivity contribution in [2.45, 2.75) is 20.8 Å². The van der Waals surface area contributed by atoms with E-state index in [4.69, 9.17) is 14.2 Å². The van der Waals surface area contributed by atoms with Crippen molar-refractivity contribution in [3.05, 3.63) is 35.4 Å². The molecule has 116 valence electrons. The number of hydrogen-bond acceptors (Lipinski definition) is 5. The summed E-state index contributed by atoms with van der Waals surface area (Å²) in [6, 6.07) is 6.32. The zero-order chi connectivity index (χ0) is 15.7. The molecule has 0 spiro atoms. The maximum Gasteiger partial charge on any atom is 0.338 e. The highest BCUT2D eigenvalue weighted by Crippen LogP contribution is 2.09. The monoisotopic (exact) mass is 294 g/mol. The topological polar surface area (TPSA) is 61.8 Å². The fourth-order valence-corrected chi connectivity index (χ4v) is 1.52. The molecular formula is C16H22O5. The van der Waals surface area contributed by atoms with E-state index >= 15 is 0 Å². The van der Waals surface area contributed by atoms with Crippen LogP contribution in [-0.4, -0.2) is 38.4 Å². The van der Waals surface area contributed by atoms with Gasteiger partial charge in [-0.1, -0.05) is 19.9 Å². The summed E-state index contributed by atoms with van der Waals surface area (Å²) in [5.74, 6) is -0.651. The molecule has 21 heavy (non-hydrogen) atoms. The molecule has 0 radical (unpaired) electrons. The van der Waals surface area contributed by atoms with Crippen molar-refractivity contribution in [2.24, 2.45) is 5.92 Å². The number of esters is 2. The van der Waals surface area contributed by atoms with E-state index in [1.807, 2.05) is 20.8 Å². The van der Waals surface area contributed by atoms with Crippen LogP contribution in [0, 0.1) is 5.92 Å². The molecule has 1 aromatic rings. The lowest BCUT2D eigenvalue weighted by atomic mass is 10.1. The van der Waals surface area contributed by atoms with Gasteiger partial charge in [0.15, 0.2) is 0 Å². The molecule has 0 fully saturated rings. The highest BCUT2D eigenvalue weighted by molar-refractivity contribution is 5.95. The van der Waals surface area contributed by atoms with Crippen LogP contribution >= 0.6 is 0 Å². The minimum Gasteiger partial charge on any atom is -0.462 e. The van der Waals surface area contributed by atoms with Crippen molar-refractivity contribution >= 4 is 11.9 Å². The lowest BCUT2D eigenvalue weighted by Crippen LogP contribution is -2.13. The van der Waals surface area contributed by atoms with Crippen molar-refractivity contribution in [3.63, 3.8) is 0 Å². The number of benzene rings is 1. The molecule has 0 aliphatic rings. The van der Waals surface area contributed by atoms with Crippen LogP contribution in [0.1, 0.15) is 41.5 Å². The Morgan fingerprint density at radius 3 is 2.24 bits per heavy atom. The molecule has 0 bridgehead atoms. The van der Waals surface area contributed by atoms with Gasteiger partial charge in [0.25, 0.3) is 0 Å². The summed E-state index contributed by atoms with van der Waals surface area (Å²) in [5.41, 5.74) is 0.667. The van der Waals surface area contributed by atoms with Gasteiger partial charge in [-0.25, -0.2) is 9.59 Å². The van der Waals surface area contributed by atoms with E-state index in [1.54, 1.807) is 18.2 Å². The van der Waals surface area contributed by atoms with E-state index in [2.05, 4.69) is 0 Å². The molecule has 0 atom stereocenters. The van der Waals surface area contributed by atoms with Crippen LogP contribution in [0.3, 0.4) is 0 Å². The third-order valence-electron chi connectivity index (χ3n) is 2.55. The number of hydrogen-bond donors (Lipinski definition) is 0. The third-order valence-corrected chi connectivity index (χ3v) is 2.55. The van der Waals surface area contributed by atoms with Gasteiger partial charge in [-0.2, -0.15) is 0 Å². The van der Waals surface area contributed by atoms with Crippen LogP contribution in [0.2, 0.25) is 0 Å². The quantitative estimate of drug-likeness (QED) is 0.545. The summed E-state index contributed by atoms with van der Waals surface area (Å²) in [4.78, 5) is 23.6. The average Bonchev–Trinajstić information content (AvgIpc) is 2.49. The smallest absolute Gasteiger partial charge is 0.338 e. The van der Waals surface area contributed by atoms with E-state index in [9.17, 15) is 9.59 Å². The Morgan fingerprint density at radius 1 is 1.05 bits per heavy atom. The standard InChI is InChI=1S/C16H22O5/c1-4-19-8-9-20-15(17)13-6-5-7-14(10-13)16(18)21-11-12(2)3/h5-7,10,12H,4,8-9,11H2,1-3H3. The van der Waals surface area contributed by atoms with Gasteiger partial charge >= 0.3 is 11.9 Å². The molecular weight excluding hydrogens is 272 g/mol. The zero-order valence-electron chi connectivity index (χ0n) is 12.8. The van der Waals surface area contributed by atoms with Crippen LogP contribution in [0.5, 0.6) is 0 Å². The van der Waals surface area contributed by atoms with Crippen molar-refractivity contribution in [1.82, 2.24) is 0 Å². The maximum atomic E-state index is 11.8. The fraction of sp³-hybridized carbons (Fsp3) is 0.500. The first-order valence-electron chi connectivity index (χ1n) is 7.06. The second-order valence-electron chi connectivity index (χ2n) is 4.91. The molecule has 0 aliphatic carbocycles. The summed E-state index contributed by atoms with van der Waals surface area (Å²) < 4.78 is 15.3. The van der Waals surface area contributed by atoms with Crippen molar-refractivity contribution in [2.75, 3.05) is 26.4 Å². The first-order valence-corrected chi connectivity index (χ1v) is 7.06. The molecule has 0 saturated heterocycles. The lowest BCUT2D eigenvalue weighted by molar-refractivity contribution is 0.0335. The first-order chi connectivity index (χ1) is 10.0. The number of rotatable bonds is 8. The molecule has 1 aromatic carbocycles. The van der Waals surface area contributed by atoms with Gasteiger partial charge in [-0.05, 0) is 31.0 Å². The third kappa shape index (κ3) is 6.40. The summed E-state index contributed by atoms with van der Waals surface area (Å²) in [5, 5.41) is 0. The Hall–Kier alpha value is -1.88. The number of carbonyl (C=O) groups is 2. The van der Waals surface area contributed by atoms with E-state index in [0.29, 0.717) is 30.9 Å². The van der Waals surface area contributed by atoms with Crippen LogP contribution < -0.4 is 0 Å². The van der Waals surface area contributed by atoms with Crippen LogP contribution in [0.4, 0.5) is 0 Å². The Labute approximate surface area is 125 Å². The second kappa shape index (κ2) is 9.13. The van der Waals surface area contributed by atoms with Gasteiger partial charge in [0, 0.05) is 6.61 Å². The molecule has 0 aromatic heterocycles. The average molecular weight is 294 g/mol. The molecule has 5 heteroatoms. The molecule has 0 aliphatic heterocycles. The van der Waals surface area contributed by atoms with E-state index in [1.165, 1.54) is 6.07 Å². The SMILES string of the molecule is CCOCCOC(=O)c1cccc(C(=O)OCC(C)C)c1. The van der Waals surface area contributed by atoms with E-state index < -0.39 is 11.9 Å². The van der Waals surface area contributed by atoms with Gasteiger partial charge < -0.3 is 14.2 Å². The zero-order valence-corrected chi connectivity index (χ0v) is 12.8. The van der Waals surface area contributed by atoms with E-state index in [-0.39, 0.29) is 12.5 Å². The van der Waals surface area contributed by atoms with Crippen molar-refractivity contribution in [3.8, 4) is 0 Å². The molecule has 0 N–H and O–H groups in total. The fourth-order valence-electron chi connectivity index (χ4n) is 1.52. The predicted octanol–water partition coefficient (Wildman–Crippen LogP) is 2.69. The van der Waals surface area contributed by atoms with Crippen LogP contribution in [-0.2, 0) is 14.2 Å². The number of carbonyl (C=O) groups excluding carboxylic acids is 2. The van der Waals surface area contributed by atoms with Gasteiger partial charge in [0.1, 0.15) is 6.61 Å². The molecule has 1 rings (SSSR count). The Bertz CT molecular complexity index is 467. The Morgan fingerprint density at radius 2 is 1.67 bits per heavy atom. The minimum absolute atomic E-state index is 0.189. The van der Waals surface area contributed by atoms with Gasteiger partial charge in [0.2, 0.25) is 0 Å².